The van der Waals surface area contributed by atoms with Crippen LogP contribution in [0.4, 0.5) is 13.2 Å². The summed E-state index contributed by atoms with van der Waals surface area (Å²) < 4.78 is 41.6. The Labute approximate surface area is 107 Å². The number of carbonyl (C=O) groups is 2. The largest absolute Gasteiger partial charge is 0.452 e. The van der Waals surface area contributed by atoms with E-state index in [1.165, 1.54) is 19.1 Å². The van der Waals surface area contributed by atoms with Crippen molar-refractivity contribution in [2.24, 2.45) is 5.73 Å². The van der Waals surface area contributed by atoms with Crippen molar-refractivity contribution in [3.8, 4) is 0 Å². The molecule has 0 spiro atoms. The zero-order valence-electron chi connectivity index (χ0n) is 10.0. The van der Waals surface area contributed by atoms with Crippen molar-refractivity contribution in [1.82, 2.24) is 0 Å². The van der Waals surface area contributed by atoms with Gasteiger partial charge in [0, 0.05) is 0 Å². The van der Waals surface area contributed by atoms with Gasteiger partial charge in [0.15, 0.2) is 6.10 Å². The SMILES string of the molecule is C[C@@H](OC(=O)Cc1ccc(C(F)(F)F)cc1)C(N)=O. The molecule has 0 unspecified atom stereocenters. The zero-order valence-corrected chi connectivity index (χ0v) is 10.0. The van der Waals surface area contributed by atoms with Crippen molar-refractivity contribution in [2.45, 2.75) is 25.6 Å². The first-order valence-electron chi connectivity index (χ1n) is 5.35. The summed E-state index contributed by atoms with van der Waals surface area (Å²) in [7, 11) is 0. The summed E-state index contributed by atoms with van der Waals surface area (Å²) in [6.07, 6.45) is -5.71. The second-order valence-electron chi connectivity index (χ2n) is 3.91. The number of hydrogen-bond donors (Lipinski definition) is 1. The second kappa shape index (κ2) is 5.73. The summed E-state index contributed by atoms with van der Waals surface area (Å²) in [5, 5.41) is 0. The van der Waals surface area contributed by atoms with Crippen LogP contribution in [0.25, 0.3) is 0 Å². The molecule has 7 heteroatoms. The molecule has 0 saturated carbocycles. The minimum atomic E-state index is -4.42. The molecule has 1 aromatic rings. The summed E-state index contributed by atoms with van der Waals surface area (Å²) in [5.74, 6) is -1.52. The lowest BCUT2D eigenvalue weighted by Crippen LogP contribution is -2.30. The fraction of sp³-hybridized carbons (Fsp3) is 0.333. The Bertz CT molecular complexity index is 468. The molecule has 0 bridgehead atoms. The van der Waals surface area contributed by atoms with E-state index >= 15 is 0 Å². The van der Waals surface area contributed by atoms with Crippen molar-refractivity contribution in [3.63, 3.8) is 0 Å². The van der Waals surface area contributed by atoms with E-state index in [0.29, 0.717) is 5.56 Å². The molecule has 0 aliphatic rings. The lowest BCUT2D eigenvalue weighted by Gasteiger charge is -2.10. The lowest BCUT2D eigenvalue weighted by atomic mass is 10.1. The van der Waals surface area contributed by atoms with Gasteiger partial charge in [0.25, 0.3) is 5.91 Å². The van der Waals surface area contributed by atoms with E-state index in [9.17, 15) is 22.8 Å². The first-order chi connectivity index (χ1) is 8.70. The summed E-state index contributed by atoms with van der Waals surface area (Å²) in [5.41, 5.74) is 4.46. The number of carbonyl (C=O) groups excluding carboxylic acids is 2. The number of primary amides is 1. The third-order valence-corrected chi connectivity index (χ3v) is 2.34. The molecule has 0 fully saturated rings. The normalized spacial score (nSPS) is 12.8. The third kappa shape index (κ3) is 4.61. The minimum absolute atomic E-state index is 0.226. The Balaban J connectivity index is 2.63. The molecule has 0 saturated heterocycles. The van der Waals surface area contributed by atoms with Gasteiger partial charge in [-0.1, -0.05) is 12.1 Å². The highest BCUT2D eigenvalue weighted by Crippen LogP contribution is 2.29. The fourth-order valence-corrected chi connectivity index (χ4v) is 1.28. The van der Waals surface area contributed by atoms with Crippen LogP contribution in [-0.2, 0) is 26.9 Å². The molecule has 1 rings (SSSR count). The van der Waals surface area contributed by atoms with Gasteiger partial charge < -0.3 is 10.5 Å². The molecule has 0 aromatic heterocycles. The number of benzene rings is 1. The summed E-state index contributed by atoms with van der Waals surface area (Å²) >= 11 is 0. The maximum atomic E-state index is 12.3. The zero-order chi connectivity index (χ0) is 14.6. The van der Waals surface area contributed by atoms with Gasteiger partial charge in [-0.25, -0.2) is 0 Å². The van der Waals surface area contributed by atoms with Crippen molar-refractivity contribution in [2.75, 3.05) is 0 Å². The van der Waals surface area contributed by atoms with Gasteiger partial charge in [-0.3, -0.25) is 9.59 Å². The Morgan fingerprint density at radius 3 is 2.21 bits per heavy atom. The van der Waals surface area contributed by atoms with Crippen molar-refractivity contribution >= 4 is 11.9 Å². The van der Waals surface area contributed by atoms with Crippen LogP contribution in [-0.4, -0.2) is 18.0 Å². The van der Waals surface area contributed by atoms with Gasteiger partial charge in [-0.15, -0.1) is 0 Å². The molecule has 0 aliphatic heterocycles. The molecule has 0 radical (unpaired) electrons. The van der Waals surface area contributed by atoms with Crippen LogP contribution in [0.1, 0.15) is 18.1 Å². The Hall–Kier alpha value is -2.05. The maximum Gasteiger partial charge on any atom is 0.416 e. The second-order valence-corrected chi connectivity index (χ2v) is 3.91. The smallest absolute Gasteiger partial charge is 0.416 e. The molecule has 0 heterocycles. The molecule has 19 heavy (non-hydrogen) atoms. The van der Waals surface area contributed by atoms with Crippen molar-refractivity contribution in [1.29, 1.82) is 0 Å². The van der Waals surface area contributed by atoms with Gasteiger partial charge in [-0.2, -0.15) is 13.2 Å². The molecular formula is C12H12F3NO3. The fourth-order valence-electron chi connectivity index (χ4n) is 1.28. The highest BCUT2D eigenvalue weighted by molar-refractivity contribution is 5.82. The van der Waals surface area contributed by atoms with E-state index in [4.69, 9.17) is 5.73 Å². The summed E-state index contributed by atoms with van der Waals surface area (Å²) in [6.45, 7) is 1.31. The van der Waals surface area contributed by atoms with Crippen LogP contribution in [0.5, 0.6) is 0 Å². The molecular weight excluding hydrogens is 263 g/mol. The molecule has 4 nitrogen and oxygen atoms in total. The number of nitrogens with two attached hydrogens (primary N) is 1. The topological polar surface area (TPSA) is 69.4 Å². The Kier molecular flexibility index (Phi) is 4.52. The van der Waals surface area contributed by atoms with Crippen molar-refractivity contribution < 1.29 is 27.5 Å². The van der Waals surface area contributed by atoms with Crippen LogP contribution in [0, 0.1) is 0 Å². The van der Waals surface area contributed by atoms with Crippen molar-refractivity contribution in [3.05, 3.63) is 35.4 Å². The van der Waals surface area contributed by atoms with Gasteiger partial charge >= 0.3 is 12.1 Å². The lowest BCUT2D eigenvalue weighted by molar-refractivity contribution is -0.153. The van der Waals surface area contributed by atoms with E-state index in [0.717, 1.165) is 12.1 Å². The predicted octanol–water partition coefficient (Wildman–Crippen LogP) is 1.66. The van der Waals surface area contributed by atoms with E-state index < -0.39 is 29.7 Å². The van der Waals surface area contributed by atoms with E-state index in [1.807, 2.05) is 0 Å². The van der Waals surface area contributed by atoms with Crippen LogP contribution >= 0.6 is 0 Å². The minimum Gasteiger partial charge on any atom is -0.452 e. The van der Waals surface area contributed by atoms with Gasteiger partial charge in [0.2, 0.25) is 0 Å². The molecule has 0 aliphatic carbocycles. The quantitative estimate of drug-likeness (QED) is 0.850. The van der Waals surface area contributed by atoms with Gasteiger partial charge in [0.1, 0.15) is 0 Å². The number of amides is 1. The number of hydrogen-bond acceptors (Lipinski definition) is 3. The molecule has 104 valence electrons. The van der Waals surface area contributed by atoms with Gasteiger partial charge in [-0.05, 0) is 24.6 Å². The van der Waals surface area contributed by atoms with E-state index in [-0.39, 0.29) is 6.42 Å². The highest BCUT2D eigenvalue weighted by atomic mass is 19.4. The number of esters is 1. The van der Waals surface area contributed by atoms with Gasteiger partial charge in [0.05, 0.1) is 12.0 Å². The first-order valence-corrected chi connectivity index (χ1v) is 5.35. The third-order valence-electron chi connectivity index (χ3n) is 2.34. The maximum absolute atomic E-state index is 12.3. The number of alkyl halides is 3. The predicted molar refractivity (Wildman–Crippen MR) is 59.9 cm³/mol. The summed E-state index contributed by atoms with van der Waals surface area (Å²) in [4.78, 5) is 22.0. The van der Waals surface area contributed by atoms with Crippen LogP contribution < -0.4 is 5.73 Å². The molecule has 1 aromatic carbocycles. The average Bonchev–Trinajstić information content (AvgIpc) is 2.28. The summed E-state index contributed by atoms with van der Waals surface area (Å²) in [6, 6.07) is 4.11. The number of halogens is 3. The van der Waals surface area contributed by atoms with E-state index in [1.54, 1.807) is 0 Å². The Morgan fingerprint density at radius 1 is 1.26 bits per heavy atom. The van der Waals surface area contributed by atoms with E-state index in [2.05, 4.69) is 4.74 Å². The highest BCUT2D eigenvalue weighted by Gasteiger charge is 2.30. The molecule has 1 amide bonds. The van der Waals surface area contributed by atoms with Crippen LogP contribution in [0.3, 0.4) is 0 Å². The van der Waals surface area contributed by atoms with Crippen LogP contribution in [0.2, 0.25) is 0 Å². The monoisotopic (exact) mass is 275 g/mol. The Morgan fingerprint density at radius 2 is 1.79 bits per heavy atom. The number of rotatable bonds is 4. The standard InChI is InChI=1S/C12H12F3NO3/c1-7(11(16)18)19-10(17)6-8-2-4-9(5-3-8)12(13,14)15/h2-5,7H,6H2,1H3,(H2,16,18)/t7-/m1/s1. The van der Waals surface area contributed by atoms with Crippen LogP contribution in [0.15, 0.2) is 24.3 Å². The average molecular weight is 275 g/mol. The molecule has 2 N–H and O–H groups in total. The first kappa shape index (κ1) is 15.0. The molecule has 1 atom stereocenters. The number of ether oxygens (including phenoxy) is 1.